The molecule has 0 aliphatic carbocycles. The van der Waals surface area contributed by atoms with E-state index in [-0.39, 0.29) is 11.5 Å². The zero-order valence-electron chi connectivity index (χ0n) is 7.24. The minimum Gasteiger partial charge on any atom is -0.504 e. The van der Waals surface area contributed by atoms with Crippen molar-refractivity contribution in [2.24, 2.45) is 0 Å². The summed E-state index contributed by atoms with van der Waals surface area (Å²) in [7, 11) is 0. The number of aryl methyl sites for hydroxylation is 1. The first-order chi connectivity index (χ1) is 6.22. The van der Waals surface area contributed by atoms with Gasteiger partial charge in [0, 0.05) is 10.8 Å². The molecule has 2 nitrogen and oxygen atoms in total. The van der Waals surface area contributed by atoms with Gasteiger partial charge in [-0.05, 0) is 28.8 Å². The van der Waals surface area contributed by atoms with Crippen molar-refractivity contribution in [2.45, 2.75) is 13.3 Å². The van der Waals surface area contributed by atoms with E-state index in [1.807, 2.05) is 0 Å². The second-order valence-electron chi connectivity index (χ2n) is 2.95. The Morgan fingerprint density at radius 1 is 1.23 bits per heavy atom. The van der Waals surface area contributed by atoms with Crippen LogP contribution >= 0.6 is 11.3 Å². The molecule has 2 rings (SSSR count). The number of aromatic hydroxyl groups is 2. The molecule has 1 aromatic heterocycles. The van der Waals surface area contributed by atoms with Crippen LogP contribution in [0.5, 0.6) is 11.5 Å². The monoisotopic (exact) mass is 194 g/mol. The summed E-state index contributed by atoms with van der Waals surface area (Å²) in [5.41, 5.74) is 1.22. The van der Waals surface area contributed by atoms with Gasteiger partial charge in [-0.3, -0.25) is 0 Å². The Hall–Kier alpha value is -1.22. The summed E-state index contributed by atoms with van der Waals surface area (Å²) in [4.78, 5) is 0. The van der Waals surface area contributed by atoms with E-state index in [0.29, 0.717) is 0 Å². The highest BCUT2D eigenvalue weighted by Crippen LogP contribution is 2.35. The summed E-state index contributed by atoms with van der Waals surface area (Å²) in [6.45, 7) is 2.07. The average Bonchev–Trinajstić information content (AvgIpc) is 2.48. The molecule has 0 aliphatic heterocycles. The molecule has 0 spiro atoms. The highest BCUT2D eigenvalue weighted by atomic mass is 32.1. The third-order valence-electron chi connectivity index (χ3n) is 2.13. The third-order valence-corrected chi connectivity index (χ3v) is 3.13. The normalized spacial score (nSPS) is 10.8. The van der Waals surface area contributed by atoms with Crippen molar-refractivity contribution >= 4 is 21.4 Å². The van der Waals surface area contributed by atoms with E-state index in [4.69, 9.17) is 0 Å². The summed E-state index contributed by atoms with van der Waals surface area (Å²) >= 11 is 1.59. The number of thiophene rings is 1. The lowest BCUT2D eigenvalue weighted by Crippen LogP contribution is -1.75. The van der Waals surface area contributed by atoms with Crippen molar-refractivity contribution in [3.63, 3.8) is 0 Å². The van der Waals surface area contributed by atoms with Crippen molar-refractivity contribution < 1.29 is 10.2 Å². The molecule has 0 radical (unpaired) electrons. The summed E-state index contributed by atoms with van der Waals surface area (Å²) in [5.74, 6) is -0.0856. The quantitative estimate of drug-likeness (QED) is 0.685. The summed E-state index contributed by atoms with van der Waals surface area (Å²) in [6, 6.07) is 3.23. The number of hydrogen-bond acceptors (Lipinski definition) is 3. The summed E-state index contributed by atoms with van der Waals surface area (Å²) < 4.78 is 1.02. The maximum atomic E-state index is 9.31. The molecule has 0 amide bonds. The molecule has 1 aromatic carbocycles. The lowest BCUT2D eigenvalue weighted by Gasteiger charge is -1.98. The lowest BCUT2D eigenvalue weighted by molar-refractivity contribution is 0.405. The lowest BCUT2D eigenvalue weighted by atomic mass is 10.1. The SMILES string of the molecule is CCc1csc2cc(O)c(O)cc12. The largest absolute Gasteiger partial charge is 0.504 e. The van der Waals surface area contributed by atoms with Crippen LogP contribution in [0.4, 0.5) is 0 Å². The average molecular weight is 194 g/mol. The van der Waals surface area contributed by atoms with Gasteiger partial charge in [0.05, 0.1) is 0 Å². The first-order valence-corrected chi connectivity index (χ1v) is 5.02. The molecule has 68 valence electrons. The van der Waals surface area contributed by atoms with Gasteiger partial charge in [-0.2, -0.15) is 0 Å². The van der Waals surface area contributed by atoms with E-state index in [9.17, 15) is 10.2 Å². The molecule has 0 saturated heterocycles. The van der Waals surface area contributed by atoms with E-state index in [0.717, 1.165) is 16.5 Å². The Labute approximate surface area is 80.1 Å². The maximum absolute atomic E-state index is 9.31. The van der Waals surface area contributed by atoms with Crippen LogP contribution in [0.2, 0.25) is 0 Å². The zero-order chi connectivity index (χ0) is 9.42. The molecule has 0 atom stereocenters. The van der Waals surface area contributed by atoms with Crippen LogP contribution in [0, 0.1) is 0 Å². The van der Waals surface area contributed by atoms with Gasteiger partial charge in [-0.15, -0.1) is 11.3 Å². The fourth-order valence-electron chi connectivity index (χ4n) is 1.38. The van der Waals surface area contributed by atoms with Gasteiger partial charge in [0.15, 0.2) is 11.5 Å². The first kappa shape index (κ1) is 8.38. The fraction of sp³-hybridized carbons (Fsp3) is 0.200. The van der Waals surface area contributed by atoms with Crippen LogP contribution in [0.25, 0.3) is 10.1 Å². The maximum Gasteiger partial charge on any atom is 0.158 e. The number of fused-ring (bicyclic) bond motifs is 1. The molecular weight excluding hydrogens is 184 g/mol. The Kier molecular flexibility index (Phi) is 1.88. The minimum atomic E-state index is -0.0444. The number of phenols is 2. The molecule has 2 aromatic rings. The summed E-state index contributed by atoms with van der Waals surface area (Å²) in [6.07, 6.45) is 0.949. The van der Waals surface area contributed by atoms with E-state index >= 15 is 0 Å². The second kappa shape index (κ2) is 2.92. The Balaban J connectivity index is 2.77. The van der Waals surface area contributed by atoms with Crippen LogP contribution in [-0.2, 0) is 6.42 Å². The van der Waals surface area contributed by atoms with Gasteiger partial charge in [0.25, 0.3) is 0 Å². The van der Waals surface area contributed by atoms with Gasteiger partial charge in [-0.25, -0.2) is 0 Å². The molecule has 13 heavy (non-hydrogen) atoms. The molecule has 1 heterocycles. The molecule has 0 fully saturated rings. The van der Waals surface area contributed by atoms with Crippen LogP contribution in [0.3, 0.4) is 0 Å². The minimum absolute atomic E-state index is 0.0411. The van der Waals surface area contributed by atoms with Crippen LogP contribution in [0.15, 0.2) is 17.5 Å². The zero-order valence-corrected chi connectivity index (χ0v) is 8.06. The molecule has 2 N–H and O–H groups in total. The third kappa shape index (κ3) is 1.25. The first-order valence-electron chi connectivity index (χ1n) is 4.14. The van der Waals surface area contributed by atoms with Crippen molar-refractivity contribution in [1.29, 1.82) is 0 Å². The van der Waals surface area contributed by atoms with Crippen LogP contribution in [-0.4, -0.2) is 10.2 Å². The van der Waals surface area contributed by atoms with Crippen molar-refractivity contribution in [1.82, 2.24) is 0 Å². The van der Waals surface area contributed by atoms with Gasteiger partial charge in [0.1, 0.15) is 0 Å². The summed E-state index contributed by atoms with van der Waals surface area (Å²) in [5, 5.41) is 21.7. The van der Waals surface area contributed by atoms with E-state index in [1.165, 1.54) is 5.56 Å². The van der Waals surface area contributed by atoms with E-state index in [2.05, 4.69) is 12.3 Å². The molecule has 0 aliphatic rings. The molecule has 3 heteroatoms. The highest BCUT2D eigenvalue weighted by Gasteiger charge is 2.06. The molecule has 0 bridgehead atoms. The van der Waals surface area contributed by atoms with E-state index < -0.39 is 0 Å². The smallest absolute Gasteiger partial charge is 0.158 e. The van der Waals surface area contributed by atoms with Gasteiger partial charge < -0.3 is 10.2 Å². The van der Waals surface area contributed by atoms with Gasteiger partial charge in [0.2, 0.25) is 0 Å². The van der Waals surface area contributed by atoms with Crippen LogP contribution in [0.1, 0.15) is 12.5 Å². The van der Waals surface area contributed by atoms with Crippen molar-refractivity contribution in [3.05, 3.63) is 23.1 Å². The predicted molar refractivity (Wildman–Crippen MR) is 54.5 cm³/mol. The van der Waals surface area contributed by atoms with Crippen molar-refractivity contribution in [2.75, 3.05) is 0 Å². The second-order valence-corrected chi connectivity index (χ2v) is 3.86. The fourth-order valence-corrected chi connectivity index (χ4v) is 2.44. The predicted octanol–water partition coefficient (Wildman–Crippen LogP) is 2.87. The number of hydrogen-bond donors (Lipinski definition) is 2. The standard InChI is InChI=1S/C10H10O2S/c1-2-6-5-13-10-4-9(12)8(11)3-7(6)10/h3-5,11-12H,2H2,1H3. The molecule has 0 unspecified atom stereocenters. The molecular formula is C10H10O2S. The Bertz CT molecular complexity index is 445. The number of rotatable bonds is 1. The molecule has 0 saturated carbocycles. The van der Waals surface area contributed by atoms with Gasteiger partial charge in [-0.1, -0.05) is 6.92 Å². The highest BCUT2D eigenvalue weighted by molar-refractivity contribution is 7.17. The number of benzene rings is 1. The Morgan fingerprint density at radius 2 is 1.92 bits per heavy atom. The number of phenolic OH excluding ortho intramolecular Hbond substituents is 2. The van der Waals surface area contributed by atoms with E-state index in [1.54, 1.807) is 23.5 Å². The van der Waals surface area contributed by atoms with Crippen molar-refractivity contribution in [3.8, 4) is 11.5 Å². The van der Waals surface area contributed by atoms with Crippen LogP contribution < -0.4 is 0 Å². The Morgan fingerprint density at radius 3 is 2.62 bits per heavy atom. The topological polar surface area (TPSA) is 40.5 Å². The van der Waals surface area contributed by atoms with Gasteiger partial charge >= 0.3 is 0 Å².